The van der Waals surface area contributed by atoms with Crippen molar-refractivity contribution in [1.29, 1.82) is 0 Å². The van der Waals surface area contributed by atoms with E-state index < -0.39 is 5.60 Å². The van der Waals surface area contributed by atoms with Gasteiger partial charge >= 0.3 is 0 Å². The van der Waals surface area contributed by atoms with Crippen molar-refractivity contribution in [1.82, 2.24) is 20.0 Å². The number of aryl methyl sites for hydroxylation is 1. The van der Waals surface area contributed by atoms with Gasteiger partial charge < -0.3 is 10.4 Å². The number of rotatable bonds is 6. The molecule has 0 radical (unpaired) electrons. The third kappa shape index (κ3) is 4.91. The molecule has 136 valence electrons. The molecule has 1 aromatic carbocycles. The topological polar surface area (TPSA) is 53.3 Å². The second kappa shape index (κ2) is 7.68. The van der Waals surface area contributed by atoms with Crippen LogP contribution < -0.4 is 5.32 Å². The predicted octanol–water partition coefficient (Wildman–Crippen LogP) is 2.13. The SMILES string of the molecule is C[C@@H]1C[C@@H](NC[C@@](C)(O)c2cnn(C)c2)CN(Cc2ccccc2)C1. The van der Waals surface area contributed by atoms with Gasteiger partial charge in [-0.25, -0.2) is 0 Å². The number of likely N-dealkylation sites (tertiary alicyclic amines) is 1. The third-order valence-electron chi connectivity index (χ3n) is 5.05. The minimum atomic E-state index is -0.904. The van der Waals surface area contributed by atoms with Crippen LogP contribution in [0.1, 0.15) is 31.4 Å². The summed E-state index contributed by atoms with van der Waals surface area (Å²) in [4.78, 5) is 2.51. The molecule has 0 spiro atoms. The van der Waals surface area contributed by atoms with Gasteiger partial charge in [-0.05, 0) is 24.8 Å². The Balaban J connectivity index is 1.56. The molecule has 0 unspecified atom stereocenters. The molecular formula is C20H30N4O. The molecule has 1 aromatic heterocycles. The average Bonchev–Trinajstić information content (AvgIpc) is 3.01. The van der Waals surface area contributed by atoms with E-state index in [9.17, 15) is 5.11 Å². The average molecular weight is 342 g/mol. The fourth-order valence-electron chi connectivity index (χ4n) is 3.72. The van der Waals surface area contributed by atoms with E-state index in [1.807, 2.05) is 20.2 Å². The predicted molar refractivity (Wildman–Crippen MR) is 100 cm³/mol. The summed E-state index contributed by atoms with van der Waals surface area (Å²) < 4.78 is 1.73. The number of aliphatic hydroxyl groups is 1. The smallest absolute Gasteiger partial charge is 0.102 e. The van der Waals surface area contributed by atoms with Gasteiger partial charge in [0.25, 0.3) is 0 Å². The molecule has 0 bridgehead atoms. The van der Waals surface area contributed by atoms with E-state index in [2.05, 4.69) is 52.6 Å². The Labute approximate surface area is 150 Å². The van der Waals surface area contributed by atoms with E-state index in [0.717, 1.165) is 31.6 Å². The van der Waals surface area contributed by atoms with Crippen molar-refractivity contribution in [2.24, 2.45) is 13.0 Å². The van der Waals surface area contributed by atoms with Crippen molar-refractivity contribution < 1.29 is 5.11 Å². The Bertz CT molecular complexity index is 667. The summed E-state index contributed by atoms with van der Waals surface area (Å²) in [6.45, 7) is 7.84. The zero-order valence-corrected chi connectivity index (χ0v) is 15.5. The van der Waals surface area contributed by atoms with E-state index in [-0.39, 0.29) is 0 Å². The van der Waals surface area contributed by atoms with Gasteiger partial charge in [0.1, 0.15) is 5.60 Å². The van der Waals surface area contributed by atoms with Crippen LogP contribution in [0.15, 0.2) is 42.7 Å². The van der Waals surface area contributed by atoms with Gasteiger partial charge in [0.2, 0.25) is 0 Å². The standard InChI is InChI=1S/C20H30N4O/c1-16-9-19(14-24(11-16)12-17-7-5-4-6-8-17)21-15-20(2,25)18-10-22-23(3)13-18/h4-8,10,13,16,19,21,25H,9,11-12,14-15H2,1-3H3/t16-,19-,20-/m1/s1. The summed E-state index contributed by atoms with van der Waals surface area (Å²) >= 11 is 0. The fourth-order valence-corrected chi connectivity index (χ4v) is 3.72. The summed E-state index contributed by atoms with van der Waals surface area (Å²) in [5.74, 6) is 0.651. The van der Waals surface area contributed by atoms with Crippen LogP contribution in [0, 0.1) is 5.92 Å². The first-order chi connectivity index (χ1) is 11.9. The van der Waals surface area contributed by atoms with Crippen LogP contribution in [-0.2, 0) is 19.2 Å². The maximum absolute atomic E-state index is 10.8. The normalized spacial score (nSPS) is 24.2. The minimum absolute atomic E-state index is 0.399. The Hall–Kier alpha value is -1.69. The lowest BCUT2D eigenvalue weighted by molar-refractivity contribution is 0.0457. The number of nitrogens with one attached hydrogen (secondary N) is 1. The summed E-state index contributed by atoms with van der Waals surface area (Å²) in [5.41, 5.74) is 1.31. The first-order valence-electron chi connectivity index (χ1n) is 9.13. The van der Waals surface area contributed by atoms with Crippen molar-refractivity contribution in [3.05, 3.63) is 53.9 Å². The van der Waals surface area contributed by atoms with Crippen molar-refractivity contribution in [2.45, 2.75) is 38.5 Å². The second-order valence-electron chi connectivity index (χ2n) is 7.77. The fraction of sp³-hybridized carbons (Fsp3) is 0.550. The maximum Gasteiger partial charge on any atom is 0.102 e. The Morgan fingerprint density at radius 1 is 1.28 bits per heavy atom. The van der Waals surface area contributed by atoms with Gasteiger partial charge in [-0.2, -0.15) is 5.10 Å². The monoisotopic (exact) mass is 342 g/mol. The highest BCUT2D eigenvalue weighted by molar-refractivity contribution is 5.15. The molecule has 0 aliphatic carbocycles. The van der Waals surface area contributed by atoms with Crippen molar-refractivity contribution in [2.75, 3.05) is 19.6 Å². The molecule has 3 atom stereocenters. The highest BCUT2D eigenvalue weighted by Gasteiger charge is 2.29. The zero-order chi connectivity index (χ0) is 17.9. The highest BCUT2D eigenvalue weighted by atomic mass is 16.3. The van der Waals surface area contributed by atoms with E-state index in [1.54, 1.807) is 10.9 Å². The Morgan fingerprint density at radius 3 is 2.72 bits per heavy atom. The molecule has 2 N–H and O–H groups in total. The van der Waals surface area contributed by atoms with Crippen LogP contribution in [0.2, 0.25) is 0 Å². The number of benzene rings is 1. The molecule has 5 nitrogen and oxygen atoms in total. The van der Waals surface area contributed by atoms with E-state index in [4.69, 9.17) is 0 Å². The number of hydrogen-bond donors (Lipinski definition) is 2. The van der Waals surface area contributed by atoms with E-state index in [0.29, 0.717) is 18.5 Å². The van der Waals surface area contributed by atoms with Crippen LogP contribution in [0.3, 0.4) is 0 Å². The number of nitrogens with zero attached hydrogens (tertiary/aromatic N) is 3. The van der Waals surface area contributed by atoms with Gasteiger partial charge in [0, 0.05) is 51.0 Å². The lowest BCUT2D eigenvalue weighted by atomic mass is 9.93. The summed E-state index contributed by atoms with van der Waals surface area (Å²) in [6, 6.07) is 11.0. The number of hydrogen-bond acceptors (Lipinski definition) is 4. The minimum Gasteiger partial charge on any atom is -0.384 e. The van der Waals surface area contributed by atoms with E-state index >= 15 is 0 Å². The van der Waals surface area contributed by atoms with Crippen molar-refractivity contribution >= 4 is 0 Å². The number of aromatic nitrogens is 2. The molecule has 2 aromatic rings. The molecule has 1 aliphatic rings. The van der Waals surface area contributed by atoms with Gasteiger partial charge in [0.05, 0.1) is 6.20 Å². The first kappa shape index (κ1) is 18.1. The molecule has 3 rings (SSSR count). The van der Waals surface area contributed by atoms with Crippen LogP contribution >= 0.6 is 0 Å². The Morgan fingerprint density at radius 2 is 2.04 bits per heavy atom. The summed E-state index contributed by atoms with van der Waals surface area (Å²) in [7, 11) is 1.87. The van der Waals surface area contributed by atoms with Crippen LogP contribution in [-0.4, -0.2) is 45.5 Å². The lowest BCUT2D eigenvalue weighted by Gasteiger charge is -2.38. The lowest BCUT2D eigenvalue weighted by Crippen LogP contribution is -2.51. The third-order valence-corrected chi connectivity index (χ3v) is 5.05. The molecule has 5 heteroatoms. The zero-order valence-electron chi connectivity index (χ0n) is 15.5. The number of piperidine rings is 1. The molecule has 25 heavy (non-hydrogen) atoms. The molecular weight excluding hydrogens is 312 g/mol. The van der Waals surface area contributed by atoms with Gasteiger partial charge in [0.15, 0.2) is 0 Å². The summed E-state index contributed by atoms with van der Waals surface area (Å²) in [6.07, 6.45) is 4.77. The summed E-state index contributed by atoms with van der Waals surface area (Å²) in [5, 5.41) is 18.5. The quantitative estimate of drug-likeness (QED) is 0.844. The molecule has 2 heterocycles. The largest absolute Gasteiger partial charge is 0.384 e. The maximum atomic E-state index is 10.8. The van der Waals surface area contributed by atoms with Gasteiger partial charge in [-0.15, -0.1) is 0 Å². The van der Waals surface area contributed by atoms with Crippen LogP contribution in [0.25, 0.3) is 0 Å². The van der Waals surface area contributed by atoms with Crippen LogP contribution in [0.4, 0.5) is 0 Å². The van der Waals surface area contributed by atoms with Crippen molar-refractivity contribution in [3.8, 4) is 0 Å². The highest BCUT2D eigenvalue weighted by Crippen LogP contribution is 2.22. The Kier molecular flexibility index (Phi) is 5.57. The van der Waals surface area contributed by atoms with Gasteiger partial charge in [-0.1, -0.05) is 37.3 Å². The van der Waals surface area contributed by atoms with Gasteiger partial charge in [-0.3, -0.25) is 9.58 Å². The molecule has 1 fully saturated rings. The molecule has 1 saturated heterocycles. The molecule has 1 aliphatic heterocycles. The van der Waals surface area contributed by atoms with Crippen LogP contribution in [0.5, 0.6) is 0 Å². The second-order valence-corrected chi connectivity index (χ2v) is 7.77. The van der Waals surface area contributed by atoms with E-state index in [1.165, 1.54) is 5.56 Å². The molecule has 0 amide bonds. The van der Waals surface area contributed by atoms with Crippen molar-refractivity contribution in [3.63, 3.8) is 0 Å². The molecule has 0 saturated carbocycles. The first-order valence-corrected chi connectivity index (χ1v) is 9.13.